The summed E-state index contributed by atoms with van der Waals surface area (Å²) in [6, 6.07) is 18.3. The van der Waals surface area contributed by atoms with Gasteiger partial charge in [-0.25, -0.2) is 0 Å². The Bertz CT molecular complexity index is 1180. The monoisotopic (exact) mass is 526 g/mol. The third-order valence-electron chi connectivity index (χ3n) is 6.83. The lowest BCUT2D eigenvalue weighted by atomic mass is 9.95. The van der Waals surface area contributed by atoms with Gasteiger partial charge in [0.25, 0.3) is 5.91 Å². The molecule has 1 saturated carbocycles. The van der Waals surface area contributed by atoms with Crippen molar-refractivity contribution in [3.05, 3.63) is 76.3 Å². The zero-order valence-electron chi connectivity index (χ0n) is 20.5. The zero-order valence-corrected chi connectivity index (χ0v) is 22.0. The Morgan fingerprint density at radius 3 is 2.36 bits per heavy atom. The van der Waals surface area contributed by atoms with Crippen molar-refractivity contribution in [3.63, 3.8) is 0 Å². The van der Waals surface area contributed by atoms with Crippen LogP contribution in [0.1, 0.15) is 51.0 Å². The molecule has 0 radical (unpaired) electrons. The minimum atomic E-state index is -0.664. The number of hydrogen-bond acceptors (Lipinski definition) is 3. The van der Waals surface area contributed by atoms with E-state index in [4.69, 9.17) is 27.9 Å². The van der Waals surface area contributed by atoms with E-state index in [0.717, 1.165) is 36.5 Å². The van der Waals surface area contributed by atoms with Crippen LogP contribution in [-0.2, 0) is 16.1 Å². The van der Waals surface area contributed by atoms with Crippen LogP contribution >= 0.6 is 23.2 Å². The van der Waals surface area contributed by atoms with Gasteiger partial charge in [-0.1, -0.05) is 91.9 Å². The van der Waals surface area contributed by atoms with Crippen LogP contribution in [0, 0.1) is 0 Å². The summed E-state index contributed by atoms with van der Waals surface area (Å²) in [7, 11) is 0. The molecule has 1 atom stereocenters. The fourth-order valence-corrected chi connectivity index (χ4v) is 5.38. The van der Waals surface area contributed by atoms with Gasteiger partial charge in [-0.3, -0.25) is 9.59 Å². The molecular formula is C29H32Cl2N2O3. The summed E-state index contributed by atoms with van der Waals surface area (Å²) in [6.45, 7) is 1.82. The number of fused-ring (bicyclic) bond motifs is 1. The molecule has 3 aromatic rings. The molecule has 3 aromatic carbocycles. The predicted molar refractivity (Wildman–Crippen MR) is 146 cm³/mol. The van der Waals surface area contributed by atoms with E-state index in [1.807, 2.05) is 49.4 Å². The molecule has 1 aliphatic carbocycles. The van der Waals surface area contributed by atoms with Gasteiger partial charge in [0.2, 0.25) is 5.91 Å². The highest BCUT2D eigenvalue weighted by molar-refractivity contribution is 6.36. The van der Waals surface area contributed by atoms with Gasteiger partial charge in [0, 0.05) is 33.6 Å². The second-order valence-electron chi connectivity index (χ2n) is 9.26. The highest BCUT2D eigenvalue weighted by Crippen LogP contribution is 2.28. The van der Waals surface area contributed by atoms with Crippen LogP contribution in [0.5, 0.6) is 5.75 Å². The molecule has 1 fully saturated rings. The SMILES string of the molecule is CC[C@H](C(=O)NC1CCCCC1)N(Cc1c(Cl)cccc1Cl)C(=O)COc1cccc2ccccc12. The Balaban J connectivity index is 1.57. The van der Waals surface area contributed by atoms with Gasteiger partial charge in [0.15, 0.2) is 6.61 Å². The largest absolute Gasteiger partial charge is 0.483 e. The molecule has 2 amide bonds. The highest BCUT2D eigenvalue weighted by atomic mass is 35.5. The number of carbonyl (C=O) groups excluding carboxylic acids is 2. The molecule has 1 N–H and O–H groups in total. The van der Waals surface area contributed by atoms with Gasteiger partial charge in [-0.2, -0.15) is 0 Å². The van der Waals surface area contributed by atoms with Gasteiger partial charge in [-0.05, 0) is 42.8 Å². The first-order valence-corrected chi connectivity index (χ1v) is 13.4. The smallest absolute Gasteiger partial charge is 0.261 e. The summed E-state index contributed by atoms with van der Waals surface area (Å²) >= 11 is 12.9. The summed E-state index contributed by atoms with van der Waals surface area (Å²) in [5.74, 6) is 0.174. The predicted octanol–water partition coefficient (Wildman–Crippen LogP) is 6.78. The first kappa shape index (κ1) is 26.3. The van der Waals surface area contributed by atoms with Crippen molar-refractivity contribution >= 4 is 45.8 Å². The number of benzene rings is 3. The van der Waals surface area contributed by atoms with Crippen LogP contribution in [0.4, 0.5) is 0 Å². The van der Waals surface area contributed by atoms with Crippen LogP contribution in [0.2, 0.25) is 10.0 Å². The maximum atomic E-state index is 13.6. The number of amides is 2. The Morgan fingerprint density at radius 1 is 0.972 bits per heavy atom. The molecule has 1 aliphatic rings. The first-order valence-electron chi connectivity index (χ1n) is 12.6. The van der Waals surface area contributed by atoms with E-state index in [0.29, 0.717) is 27.8 Å². The second-order valence-corrected chi connectivity index (χ2v) is 10.1. The summed E-state index contributed by atoms with van der Waals surface area (Å²) in [4.78, 5) is 28.5. The first-order chi connectivity index (χ1) is 17.5. The molecule has 0 bridgehead atoms. The fraction of sp³-hybridized carbons (Fsp3) is 0.379. The minimum absolute atomic E-state index is 0.118. The molecular weight excluding hydrogens is 495 g/mol. The summed E-state index contributed by atoms with van der Waals surface area (Å²) in [5.41, 5.74) is 0.614. The Labute approximate surface area is 222 Å². The molecule has 36 heavy (non-hydrogen) atoms. The normalized spacial score (nSPS) is 14.9. The van der Waals surface area contributed by atoms with Crippen molar-refractivity contribution < 1.29 is 14.3 Å². The van der Waals surface area contributed by atoms with E-state index < -0.39 is 6.04 Å². The van der Waals surface area contributed by atoms with E-state index in [1.165, 1.54) is 6.42 Å². The van der Waals surface area contributed by atoms with E-state index in [2.05, 4.69) is 5.32 Å². The average Bonchev–Trinajstić information content (AvgIpc) is 2.89. The van der Waals surface area contributed by atoms with E-state index in [-0.39, 0.29) is 31.0 Å². The Morgan fingerprint density at radius 2 is 1.64 bits per heavy atom. The third kappa shape index (κ3) is 6.32. The molecule has 0 aromatic heterocycles. The van der Waals surface area contributed by atoms with E-state index in [9.17, 15) is 9.59 Å². The third-order valence-corrected chi connectivity index (χ3v) is 7.54. The molecule has 0 unspecified atom stereocenters. The van der Waals surface area contributed by atoms with Crippen molar-refractivity contribution in [2.45, 2.75) is 64.1 Å². The van der Waals surface area contributed by atoms with Crippen LogP contribution in [0.3, 0.4) is 0 Å². The van der Waals surface area contributed by atoms with Gasteiger partial charge >= 0.3 is 0 Å². The number of rotatable bonds is 9. The lowest BCUT2D eigenvalue weighted by molar-refractivity contribution is -0.143. The van der Waals surface area contributed by atoms with Crippen molar-refractivity contribution in [1.29, 1.82) is 0 Å². The van der Waals surface area contributed by atoms with Crippen molar-refractivity contribution in [2.24, 2.45) is 0 Å². The minimum Gasteiger partial charge on any atom is -0.483 e. The van der Waals surface area contributed by atoms with Crippen LogP contribution in [0.15, 0.2) is 60.7 Å². The number of halogens is 2. The molecule has 4 rings (SSSR count). The van der Waals surface area contributed by atoms with E-state index in [1.54, 1.807) is 23.1 Å². The lowest BCUT2D eigenvalue weighted by Crippen LogP contribution is -2.52. The maximum Gasteiger partial charge on any atom is 0.261 e. The second kappa shape index (κ2) is 12.5. The van der Waals surface area contributed by atoms with Crippen LogP contribution in [-0.4, -0.2) is 35.4 Å². The van der Waals surface area contributed by atoms with Gasteiger partial charge < -0.3 is 15.0 Å². The highest BCUT2D eigenvalue weighted by Gasteiger charge is 2.31. The molecule has 0 aliphatic heterocycles. The number of nitrogens with zero attached hydrogens (tertiary/aromatic N) is 1. The molecule has 0 saturated heterocycles. The van der Waals surface area contributed by atoms with Crippen molar-refractivity contribution in [2.75, 3.05) is 6.61 Å². The van der Waals surface area contributed by atoms with Crippen LogP contribution in [0.25, 0.3) is 10.8 Å². The van der Waals surface area contributed by atoms with Crippen molar-refractivity contribution in [3.8, 4) is 5.75 Å². The van der Waals surface area contributed by atoms with Crippen molar-refractivity contribution in [1.82, 2.24) is 10.2 Å². The average molecular weight is 527 g/mol. The molecule has 0 heterocycles. The number of nitrogens with one attached hydrogen (secondary N) is 1. The molecule has 5 nitrogen and oxygen atoms in total. The van der Waals surface area contributed by atoms with Gasteiger partial charge in [-0.15, -0.1) is 0 Å². The molecule has 190 valence electrons. The molecule has 0 spiro atoms. The lowest BCUT2D eigenvalue weighted by Gasteiger charge is -2.33. The number of carbonyl (C=O) groups is 2. The van der Waals surface area contributed by atoms with E-state index >= 15 is 0 Å². The number of hydrogen-bond donors (Lipinski definition) is 1. The van der Waals surface area contributed by atoms with Crippen LogP contribution < -0.4 is 10.1 Å². The van der Waals surface area contributed by atoms with Gasteiger partial charge in [0.1, 0.15) is 11.8 Å². The number of ether oxygens (including phenoxy) is 1. The Kier molecular flexibility index (Phi) is 9.11. The Hall–Kier alpha value is -2.76. The summed E-state index contributed by atoms with van der Waals surface area (Å²) in [6.07, 6.45) is 5.82. The maximum absolute atomic E-state index is 13.6. The van der Waals surface area contributed by atoms with Gasteiger partial charge in [0.05, 0.1) is 0 Å². The molecule has 7 heteroatoms. The fourth-order valence-electron chi connectivity index (χ4n) is 4.86. The standard InChI is InChI=1S/C29H32Cl2N2O3/c1-2-26(29(35)32-21-12-4-3-5-13-21)33(18-23-24(30)15-9-16-25(23)31)28(34)19-36-27-17-8-11-20-10-6-7-14-22(20)27/h6-11,14-17,21,26H,2-5,12-13,18-19H2,1H3,(H,32,35)/t26-/m1/s1. The summed E-state index contributed by atoms with van der Waals surface area (Å²) < 4.78 is 6.00. The quantitative estimate of drug-likeness (QED) is 0.334. The summed E-state index contributed by atoms with van der Waals surface area (Å²) in [5, 5.41) is 6.05. The topological polar surface area (TPSA) is 58.6 Å². The zero-order chi connectivity index (χ0) is 25.5.